The molecule has 20 heavy (non-hydrogen) atoms. The molecular formula is C15H25N3O2. The van der Waals surface area contributed by atoms with Crippen LogP contribution in [0.2, 0.25) is 0 Å². The van der Waals surface area contributed by atoms with Crippen LogP contribution in [0.4, 0.5) is 0 Å². The quantitative estimate of drug-likeness (QED) is 0.870. The van der Waals surface area contributed by atoms with Gasteiger partial charge in [-0.1, -0.05) is 37.3 Å². The van der Waals surface area contributed by atoms with Crippen molar-refractivity contribution >= 4 is 0 Å². The zero-order valence-electron chi connectivity index (χ0n) is 12.1. The molecule has 0 amide bonds. The second-order valence-electron chi connectivity index (χ2n) is 6.28. The summed E-state index contributed by atoms with van der Waals surface area (Å²) < 4.78 is 5.39. The van der Waals surface area contributed by atoms with Gasteiger partial charge in [0.2, 0.25) is 0 Å². The third kappa shape index (κ3) is 3.04. The standard InChI is InChI=1S/C15H25N3O2/c19-15(8-10-16-11-9-15)14-17-13(18-20-14)12-6-4-2-1-3-5-7-12/h12,16,19H,1-11H2. The Morgan fingerprint density at radius 2 is 1.70 bits per heavy atom. The minimum absolute atomic E-state index is 0.415. The summed E-state index contributed by atoms with van der Waals surface area (Å²) in [5.74, 6) is 1.66. The Kier molecular flexibility index (Phi) is 4.36. The lowest BCUT2D eigenvalue weighted by Gasteiger charge is -2.28. The summed E-state index contributed by atoms with van der Waals surface area (Å²) in [5.41, 5.74) is -0.919. The number of hydrogen-bond acceptors (Lipinski definition) is 5. The molecule has 0 spiro atoms. The fourth-order valence-corrected chi connectivity index (χ4v) is 3.36. The third-order valence-electron chi connectivity index (χ3n) is 4.74. The molecule has 5 heteroatoms. The molecule has 2 N–H and O–H groups in total. The van der Waals surface area contributed by atoms with E-state index in [4.69, 9.17) is 4.52 Å². The van der Waals surface area contributed by atoms with Crippen molar-refractivity contribution in [1.82, 2.24) is 15.5 Å². The highest BCUT2D eigenvalue weighted by atomic mass is 16.5. The molecule has 0 aromatic carbocycles. The van der Waals surface area contributed by atoms with Gasteiger partial charge in [-0.25, -0.2) is 0 Å². The maximum Gasteiger partial charge on any atom is 0.258 e. The van der Waals surface area contributed by atoms with Gasteiger partial charge in [-0.05, 0) is 38.8 Å². The largest absolute Gasteiger partial charge is 0.380 e. The number of hydrogen-bond donors (Lipinski definition) is 2. The molecule has 1 aliphatic heterocycles. The van der Waals surface area contributed by atoms with Gasteiger partial charge >= 0.3 is 0 Å². The van der Waals surface area contributed by atoms with Crippen molar-refractivity contribution in [2.75, 3.05) is 13.1 Å². The summed E-state index contributed by atoms with van der Waals surface area (Å²) in [6.07, 6.45) is 10.1. The first-order valence-electron chi connectivity index (χ1n) is 8.05. The zero-order valence-corrected chi connectivity index (χ0v) is 12.1. The summed E-state index contributed by atoms with van der Waals surface area (Å²) >= 11 is 0. The van der Waals surface area contributed by atoms with Crippen molar-refractivity contribution in [3.8, 4) is 0 Å². The van der Waals surface area contributed by atoms with E-state index in [-0.39, 0.29) is 0 Å². The molecule has 5 nitrogen and oxygen atoms in total. The maximum absolute atomic E-state index is 10.6. The van der Waals surface area contributed by atoms with Gasteiger partial charge in [-0.15, -0.1) is 0 Å². The molecular weight excluding hydrogens is 254 g/mol. The molecule has 0 atom stereocenters. The van der Waals surface area contributed by atoms with Crippen LogP contribution in [-0.4, -0.2) is 28.3 Å². The van der Waals surface area contributed by atoms with E-state index in [1.807, 2.05) is 0 Å². The monoisotopic (exact) mass is 279 g/mol. The average Bonchev–Trinajstić information content (AvgIpc) is 2.89. The van der Waals surface area contributed by atoms with Gasteiger partial charge in [0.15, 0.2) is 5.82 Å². The van der Waals surface area contributed by atoms with Crippen LogP contribution < -0.4 is 5.32 Å². The van der Waals surface area contributed by atoms with Gasteiger partial charge in [-0.3, -0.25) is 0 Å². The van der Waals surface area contributed by atoms with Crippen molar-refractivity contribution in [3.63, 3.8) is 0 Å². The first kappa shape index (κ1) is 14.0. The zero-order chi connectivity index (χ0) is 13.8. The van der Waals surface area contributed by atoms with E-state index in [1.54, 1.807) is 0 Å². The van der Waals surface area contributed by atoms with Crippen LogP contribution in [0.25, 0.3) is 0 Å². The predicted molar refractivity (Wildman–Crippen MR) is 75.4 cm³/mol. The highest BCUT2D eigenvalue weighted by Gasteiger charge is 2.37. The summed E-state index contributed by atoms with van der Waals surface area (Å²) in [4.78, 5) is 4.55. The molecule has 1 aromatic rings. The van der Waals surface area contributed by atoms with Crippen molar-refractivity contribution in [3.05, 3.63) is 11.7 Å². The minimum atomic E-state index is -0.919. The smallest absolute Gasteiger partial charge is 0.258 e. The number of rotatable bonds is 2. The number of aliphatic hydroxyl groups is 1. The van der Waals surface area contributed by atoms with Crippen LogP contribution in [0, 0.1) is 0 Å². The lowest BCUT2D eigenvalue weighted by atomic mass is 9.90. The second-order valence-corrected chi connectivity index (χ2v) is 6.28. The lowest BCUT2D eigenvalue weighted by Crippen LogP contribution is -2.40. The molecule has 3 rings (SSSR count). The first-order chi connectivity index (χ1) is 9.78. The Morgan fingerprint density at radius 1 is 1.05 bits per heavy atom. The highest BCUT2D eigenvalue weighted by molar-refractivity contribution is 5.04. The third-order valence-corrected chi connectivity index (χ3v) is 4.74. The molecule has 0 radical (unpaired) electrons. The Morgan fingerprint density at radius 3 is 2.40 bits per heavy atom. The molecule has 0 bridgehead atoms. The van der Waals surface area contributed by atoms with Gasteiger partial charge < -0.3 is 14.9 Å². The number of nitrogens with zero attached hydrogens (tertiary/aromatic N) is 2. The number of aromatic nitrogens is 2. The molecule has 0 unspecified atom stereocenters. The van der Waals surface area contributed by atoms with Crippen LogP contribution in [0.3, 0.4) is 0 Å². The number of nitrogens with one attached hydrogen (secondary N) is 1. The van der Waals surface area contributed by atoms with Crippen LogP contribution >= 0.6 is 0 Å². The van der Waals surface area contributed by atoms with Crippen molar-refractivity contribution in [1.29, 1.82) is 0 Å². The topological polar surface area (TPSA) is 71.2 Å². The lowest BCUT2D eigenvalue weighted by molar-refractivity contribution is -0.0228. The summed E-state index contributed by atoms with van der Waals surface area (Å²) in [6.45, 7) is 1.61. The van der Waals surface area contributed by atoms with Crippen LogP contribution in [0.15, 0.2) is 4.52 Å². The van der Waals surface area contributed by atoms with E-state index in [2.05, 4.69) is 15.5 Å². The van der Waals surface area contributed by atoms with Gasteiger partial charge in [0.1, 0.15) is 5.60 Å². The molecule has 2 aliphatic rings. The average molecular weight is 279 g/mol. The molecule has 1 saturated heterocycles. The van der Waals surface area contributed by atoms with Crippen molar-refractivity contribution < 1.29 is 9.63 Å². The van der Waals surface area contributed by atoms with E-state index in [0.29, 0.717) is 24.7 Å². The minimum Gasteiger partial charge on any atom is -0.380 e. The summed E-state index contributed by atoms with van der Waals surface area (Å²) in [7, 11) is 0. The van der Waals surface area contributed by atoms with Crippen molar-refractivity contribution in [2.45, 2.75) is 69.3 Å². The molecule has 1 aliphatic carbocycles. The van der Waals surface area contributed by atoms with E-state index in [1.165, 1.54) is 32.1 Å². The van der Waals surface area contributed by atoms with E-state index >= 15 is 0 Å². The Labute approximate surface area is 120 Å². The van der Waals surface area contributed by atoms with E-state index in [9.17, 15) is 5.11 Å². The van der Waals surface area contributed by atoms with E-state index in [0.717, 1.165) is 31.8 Å². The highest BCUT2D eigenvalue weighted by Crippen LogP contribution is 2.33. The van der Waals surface area contributed by atoms with Crippen LogP contribution in [0.5, 0.6) is 0 Å². The fourth-order valence-electron chi connectivity index (χ4n) is 3.36. The Balaban J connectivity index is 1.71. The van der Waals surface area contributed by atoms with Gasteiger partial charge in [0.25, 0.3) is 5.89 Å². The molecule has 1 aromatic heterocycles. The van der Waals surface area contributed by atoms with Crippen molar-refractivity contribution in [2.24, 2.45) is 0 Å². The Bertz CT molecular complexity index is 419. The molecule has 112 valence electrons. The molecule has 2 heterocycles. The fraction of sp³-hybridized carbons (Fsp3) is 0.867. The molecule has 1 saturated carbocycles. The normalized spacial score (nSPS) is 25.1. The summed E-state index contributed by atoms with van der Waals surface area (Å²) in [5, 5.41) is 18.0. The maximum atomic E-state index is 10.6. The second kappa shape index (κ2) is 6.22. The summed E-state index contributed by atoms with van der Waals surface area (Å²) in [6, 6.07) is 0. The number of piperidine rings is 1. The molecule has 2 fully saturated rings. The van der Waals surface area contributed by atoms with Gasteiger partial charge in [0.05, 0.1) is 0 Å². The predicted octanol–water partition coefficient (Wildman–Crippen LogP) is 2.47. The SMILES string of the molecule is OC1(c2nc(C3CCCCCCC3)no2)CCNCC1. The van der Waals surface area contributed by atoms with E-state index < -0.39 is 5.60 Å². The van der Waals surface area contributed by atoms with Crippen LogP contribution in [-0.2, 0) is 5.60 Å². The first-order valence-corrected chi connectivity index (χ1v) is 8.05. The van der Waals surface area contributed by atoms with Gasteiger partial charge in [-0.2, -0.15) is 4.98 Å². The van der Waals surface area contributed by atoms with Gasteiger partial charge in [0, 0.05) is 5.92 Å². The Hall–Kier alpha value is -0.940. The van der Waals surface area contributed by atoms with Crippen LogP contribution in [0.1, 0.15) is 75.4 Å².